The van der Waals surface area contributed by atoms with Crippen molar-refractivity contribution in [1.29, 1.82) is 0 Å². The number of fused-ring (bicyclic) bond motifs is 2. The highest BCUT2D eigenvalue weighted by atomic mass is 16.3. The molecule has 1 aromatic rings. The number of carbonyl (C=O) groups is 3. The summed E-state index contributed by atoms with van der Waals surface area (Å²) in [6, 6.07) is 7.13. The third-order valence-corrected chi connectivity index (χ3v) is 6.84. The van der Waals surface area contributed by atoms with E-state index in [1.807, 2.05) is 17.0 Å². The maximum Gasteiger partial charge on any atom is 0.325 e. The highest BCUT2D eigenvalue weighted by Gasteiger charge is 2.54. The number of benzene rings is 1. The van der Waals surface area contributed by atoms with Gasteiger partial charge < -0.3 is 15.3 Å². The van der Waals surface area contributed by atoms with E-state index in [1.54, 1.807) is 12.1 Å². The SMILES string of the molecule is O=C1CNC(=O)N1CC(=O)N1C[C@@H](c2cccc(O)c2)[C@@H]2[C@H]1C1CCN2CC1. The highest BCUT2D eigenvalue weighted by molar-refractivity contribution is 6.04. The van der Waals surface area contributed by atoms with Crippen LogP contribution in [0.25, 0.3) is 0 Å². The van der Waals surface area contributed by atoms with Gasteiger partial charge in [0.25, 0.3) is 5.91 Å². The fourth-order valence-corrected chi connectivity index (χ4v) is 5.59. The van der Waals surface area contributed by atoms with Gasteiger partial charge in [-0.05, 0) is 49.5 Å². The van der Waals surface area contributed by atoms with E-state index in [2.05, 4.69) is 10.2 Å². The molecule has 5 saturated heterocycles. The van der Waals surface area contributed by atoms with Gasteiger partial charge in [-0.1, -0.05) is 12.1 Å². The van der Waals surface area contributed by atoms with Gasteiger partial charge in [-0.3, -0.25) is 19.4 Å². The predicted octanol–water partition coefficient (Wildman–Crippen LogP) is 0.333. The van der Waals surface area contributed by atoms with Crippen LogP contribution < -0.4 is 5.32 Å². The standard InChI is InChI=1S/C20H24N4O4/c25-14-3-1-2-13(8-14)15-10-23(17(27)11-24-16(26)9-21-20(24)28)18-12-4-6-22(7-5-12)19(15)18/h1-3,8,12,15,18-19,25H,4-7,9-11H2,(H,21,28)/t15-,18+,19+/m0/s1. The Kier molecular flexibility index (Phi) is 4.04. The number of amides is 4. The van der Waals surface area contributed by atoms with E-state index in [9.17, 15) is 19.5 Å². The Morgan fingerprint density at radius 1 is 1.18 bits per heavy atom. The summed E-state index contributed by atoms with van der Waals surface area (Å²) in [4.78, 5) is 42.3. The van der Waals surface area contributed by atoms with Gasteiger partial charge in [-0.25, -0.2) is 4.79 Å². The molecule has 28 heavy (non-hydrogen) atoms. The quantitative estimate of drug-likeness (QED) is 0.733. The fourth-order valence-electron chi connectivity index (χ4n) is 5.59. The van der Waals surface area contributed by atoms with Crippen molar-refractivity contribution in [3.63, 3.8) is 0 Å². The molecule has 0 saturated carbocycles. The molecular weight excluding hydrogens is 360 g/mol. The summed E-state index contributed by atoms with van der Waals surface area (Å²) in [6.07, 6.45) is 2.14. The fraction of sp³-hybridized carbons (Fsp3) is 0.550. The average molecular weight is 384 g/mol. The van der Waals surface area contributed by atoms with Crippen LogP contribution in [0.2, 0.25) is 0 Å². The number of hydrogen-bond acceptors (Lipinski definition) is 5. The topological polar surface area (TPSA) is 93.2 Å². The molecule has 0 unspecified atom stereocenters. The van der Waals surface area contributed by atoms with Crippen molar-refractivity contribution < 1.29 is 19.5 Å². The van der Waals surface area contributed by atoms with Crippen LogP contribution in [0.5, 0.6) is 5.75 Å². The normalized spacial score (nSPS) is 33.9. The Balaban J connectivity index is 1.44. The number of phenolic OH excluding ortho intramolecular Hbond substituents is 1. The summed E-state index contributed by atoms with van der Waals surface area (Å²) in [7, 11) is 0. The molecule has 5 aliphatic heterocycles. The number of phenols is 1. The number of rotatable bonds is 3. The van der Waals surface area contributed by atoms with E-state index in [0.29, 0.717) is 12.5 Å². The van der Waals surface area contributed by atoms with E-state index in [4.69, 9.17) is 0 Å². The lowest BCUT2D eigenvalue weighted by Gasteiger charge is -2.51. The summed E-state index contributed by atoms with van der Waals surface area (Å²) in [5.74, 6) is 0.273. The van der Waals surface area contributed by atoms with Crippen molar-refractivity contribution in [2.45, 2.75) is 30.8 Å². The van der Waals surface area contributed by atoms with E-state index < -0.39 is 6.03 Å². The monoisotopic (exact) mass is 384 g/mol. The molecule has 148 valence electrons. The smallest absolute Gasteiger partial charge is 0.325 e. The minimum Gasteiger partial charge on any atom is -0.508 e. The van der Waals surface area contributed by atoms with Crippen LogP contribution in [0.3, 0.4) is 0 Å². The molecule has 5 heterocycles. The lowest BCUT2D eigenvalue weighted by Crippen LogP contribution is -2.61. The van der Waals surface area contributed by atoms with E-state index >= 15 is 0 Å². The molecule has 0 aliphatic carbocycles. The first-order valence-corrected chi connectivity index (χ1v) is 9.93. The predicted molar refractivity (Wildman–Crippen MR) is 99.5 cm³/mol. The van der Waals surface area contributed by atoms with Gasteiger partial charge in [0.1, 0.15) is 12.3 Å². The molecule has 3 atom stereocenters. The summed E-state index contributed by atoms with van der Waals surface area (Å²) in [6.45, 7) is 2.38. The molecule has 6 rings (SSSR count). The molecule has 0 spiro atoms. The second kappa shape index (κ2) is 6.48. The minimum atomic E-state index is -0.493. The Bertz CT molecular complexity index is 819. The van der Waals surface area contributed by atoms with Gasteiger partial charge in [-0.15, -0.1) is 0 Å². The van der Waals surface area contributed by atoms with Crippen LogP contribution in [0.4, 0.5) is 4.79 Å². The summed E-state index contributed by atoms with van der Waals surface area (Å²) in [5.41, 5.74) is 1.04. The number of aromatic hydroxyl groups is 1. The molecule has 0 aromatic heterocycles. The summed E-state index contributed by atoms with van der Waals surface area (Å²) < 4.78 is 0. The molecule has 4 amide bonds. The van der Waals surface area contributed by atoms with Crippen LogP contribution in [0.15, 0.2) is 24.3 Å². The van der Waals surface area contributed by atoms with Crippen LogP contribution in [-0.2, 0) is 9.59 Å². The largest absolute Gasteiger partial charge is 0.508 e. The molecule has 1 aromatic carbocycles. The van der Waals surface area contributed by atoms with Gasteiger partial charge >= 0.3 is 6.03 Å². The number of hydrogen-bond donors (Lipinski definition) is 2. The van der Waals surface area contributed by atoms with Gasteiger partial charge in [0.2, 0.25) is 5.91 Å². The average Bonchev–Trinajstić information content (AvgIpc) is 3.26. The maximum atomic E-state index is 13.2. The molecule has 5 aliphatic rings. The first-order valence-electron chi connectivity index (χ1n) is 9.93. The molecule has 8 heteroatoms. The summed E-state index contributed by atoms with van der Waals surface area (Å²) in [5, 5.41) is 12.4. The van der Waals surface area contributed by atoms with Crippen molar-refractivity contribution in [2.75, 3.05) is 32.7 Å². The van der Waals surface area contributed by atoms with Crippen molar-refractivity contribution in [3.8, 4) is 5.75 Å². The second-order valence-electron chi connectivity index (χ2n) is 8.24. The zero-order valence-corrected chi connectivity index (χ0v) is 15.6. The molecule has 2 bridgehead atoms. The molecule has 5 fully saturated rings. The Morgan fingerprint density at radius 3 is 2.64 bits per heavy atom. The number of nitrogens with zero attached hydrogens (tertiary/aromatic N) is 3. The lowest BCUT2D eigenvalue weighted by atomic mass is 9.75. The summed E-state index contributed by atoms with van der Waals surface area (Å²) >= 11 is 0. The number of likely N-dealkylation sites (tertiary alicyclic amines) is 1. The zero-order chi connectivity index (χ0) is 19.4. The first kappa shape index (κ1) is 17.5. The Labute approximate surface area is 163 Å². The van der Waals surface area contributed by atoms with Crippen molar-refractivity contribution in [1.82, 2.24) is 20.0 Å². The van der Waals surface area contributed by atoms with Crippen molar-refractivity contribution in [2.24, 2.45) is 5.92 Å². The van der Waals surface area contributed by atoms with Gasteiger partial charge in [0, 0.05) is 18.5 Å². The van der Waals surface area contributed by atoms with E-state index in [0.717, 1.165) is 36.4 Å². The highest BCUT2D eigenvalue weighted by Crippen LogP contribution is 2.46. The molecule has 0 radical (unpaired) electrons. The second-order valence-corrected chi connectivity index (χ2v) is 8.24. The number of imide groups is 1. The van der Waals surface area contributed by atoms with E-state index in [-0.39, 0.29) is 48.7 Å². The Hall–Kier alpha value is -2.61. The van der Waals surface area contributed by atoms with Gasteiger partial charge in [0.15, 0.2) is 0 Å². The van der Waals surface area contributed by atoms with Crippen LogP contribution in [0.1, 0.15) is 24.3 Å². The lowest BCUT2D eigenvalue weighted by molar-refractivity contribution is -0.140. The number of urea groups is 1. The molecular formula is C20H24N4O4. The number of carbonyl (C=O) groups excluding carboxylic acids is 3. The van der Waals surface area contributed by atoms with Crippen LogP contribution >= 0.6 is 0 Å². The first-order chi connectivity index (χ1) is 13.5. The van der Waals surface area contributed by atoms with E-state index in [1.165, 1.54) is 0 Å². The zero-order valence-electron chi connectivity index (χ0n) is 15.6. The van der Waals surface area contributed by atoms with Crippen LogP contribution in [0, 0.1) is 5.92 Å². The van der Waals surface area contributed by atoms with Crippen LogP contribution in [-0.4, -0.2) is 82.5 Å². The minimum absolute atomic E-state index is 0.0412. The van der Waals surface area contributed by atoms with Gasteiger partial charge in [-0.2, -0.15) is 0 Å². The van der Waals surface area contributed by atoms with Crippen molar-refractivity contribution in [3.05, 3.63) is 29.8 Å². The Morgan fingerprint density at radius 2 is 1.96 bits per heavy atom. The molecule has 8 nitrogen and oxygen atoms in total. The molecule has 2 N–H and O–H groups in total. The third kappa shape index (κ3) is 2.66. The number of piperidine rings is 3. The van der Waals surface area contributed by atoms with Crippen molar-refractivity contribution >= 4 is 17.8 Å². The third-order valence-electron chi connectivity index (χ3n) is 6.84. The maximum absolute atomic E-state index is 13.2. The number of nitrogens with one attached hydrogen (secondary N) is 1. The van der Waals surface area contributed by atoms with Gasteiger partial charge in [0.05, 0.1) is 12.6 Å².